The molecule has 1 rings (SSSR count). The second-order valence-electron chi connectivity index (χ2n) is 7.83. The maximum absolute atomic E-state index is 12.9. The van der Waals surface area contributed by atoms with Gasteiger partial charge >= 0.3 is 5.97 Å². The van der Waals surface area contributed by atoms with Crippen molar-refractivity contribution in [3.8, 4) is 0 Å². The first-order valence-corrected chi connectivity index (χ1v) is 8.05. The van der Waals surface area contributed by atoms with Crippen molar-refractivity contribution in [3.63, 3.8) is 0 Å². The third-order valence-electron chi connectivity index (χ3n) is 4.26. The van der Waals surface area contributed by atoms with Gasteiger partial charge in [-0.15, -0.1) is 0 Å². The number of ketones is 1. The molecule has 0 radical (unpaired) electrons. The number of rotatable bonds is 6. The van der Waals surface area contributed by atoms with Crippen molar-refractivity contribution in [1.29, 1.82) is 0 Å². The Hall–Kier alpha value is -1.72. The minimum Gasteiger partial charge on any atom is -0.481 e. The highest BCUT2D eigenvalue weighted by molar-refractivity contribution is 6.04. The fourth-order valence-electron chi connectivity index (χ4n) is 3.21. The number of hydrogen-bond donors (Lipinski definition) is 2. The summed E-state index contributed by atoms with van der Waals surface area (Å²) in [4.78, 5) is 48.0. The zero-order valence-corrected chi connectivity index (χ0v) is 14.5. The lowest BCUT2D eigenvalue weighted by molar-refractivity contribution is -0.155. The Morgan fingerprint density at radius 3 is 2.22 bits per heavy atom. The Bertz CT molecular complexity index is 504. The van der Waals surface area contributed by atoms with Crippen molar-refractivity contribution in [2.75, 3.05) is 0 Å². The number of amides is 2. The van der Waals surface area contributed by atoms with Gasteiger partial charge in [-0.05, 0) is 24.2 Å². The standard InChI is InChI=1S/C17H27NO5/c1-9(2)8-11(10-6-7-12(19)18-15(10)21)14(20)13(16(22)23)17(3,4)5/h9-11,13H,6-8H2,1-5H3,(H,22,23)(H,18,19,21). The normalized spacial score (nSPS) is 21.7. The lowest BCUT2D eigenvalue weighted by atomic mass is 9.69. The molecule has 3 atom stereocenters. The van der Waals surface area contributed by atoms with Crippen molar-refractivity contribution in [1.82, 2.24) is 5.32 Å². The summed E-state index contributed by atoms with van der Waals surface area (Å²) in [5.74, 6) is -4.71. The molecule has 0 aromatic carbocycles. The topological polar surface area (TPSA) is 101 Å². The summed E-state index contributed by atoms with van der Waals surface area (Å²) in [6, 6.07) is 0. The summed E-state index contributed by atoms with van der Waals surface area (Å²) < 4.78 is 0. The molecule has 0 aliphatic carbocycles. The molecule has 1 aliphatic rings. The van der Waals surface area contributed by atoms with Crippen LogP contribution in [0, 0.1) is 29.1 Å². The molecule has 0 saturated carbocycles. The Labute approximate surface area is 137 Å². The van der Waals surface area contributed by atoms with Crippen LogP contribution < -0.4 is 5.32 Å². The largest absolute Gasteiger partial charge is 0.481 e. The van der Waals surface area contributed by atoms with E-state index in [1.54, 1.807) is 20.8 Å². The molecule has 0 spiro atoms. The number of carboxylic acid groups (broad SMARTS) is 1. The first kappa shape index (κ1) is 19.3. The highest BCUT2D eigenvalue weighted by Crippen LogP contribution is 2.36. The number of Topliss-reactive ketones (excluding diaryl/α,β-unsaturated/α-hetero) is 1. The van der Waals surface area contributed by atoms with Gasteiger partial charge in [0.2, 0.25) is 11.8 Å². The number of imide groups is 1. The number of carbonyl (C=O) groups is 4. The van der Waals surface area contributed by atoms with Crippen molar-refractivity contribution in [2.45, 2.75) is 53.9 Å². The molecule has 2 amide bonds. The number of piperidine rings is 1. The van der Waals surface area contributed by atoms with Crippen LogP contribution >= 0.6 is 0 Å². The van der Waals surface area contributed by atoms with Crippen LogP contribution in [-0.4, -0.2) is 28.7 Å². The molecule has 1 fully saturated rings. The van der Waals surface area contributed by atoms with E-state index in [0.29, 0.717) is 12.8 Å². The van der Waals surface area contributed by atoms with Crippen LogP contribution in [0.25, 0.3) is 0 Å². The van der Waals surface area contributed by atoms with E-state index in [0.717, 1.165) is 0 Å². The minimum atomic E-state index is -1.17. The van der Waals surface area contributed by atoms with Gasteiger partial charge in [-0.2, -0.15) is 0 Å². The molecule has 1 aliphatic heterocycles. The summed E-state index contributed by atoms with van der Waals surface area (Å²) in [7, 11) is 0. The van der Waals surface area contributed by atoms with Gasteiger partial charge in [-0.25, -0.2) is 0 Å². The van der Waals surface area contributed by atoms with E-state index in [-0.39, 0.29) is 18.2 Å². The number of carboxylic acids is 1. The van der Waals surface area contributed by atoms with Crippen LogP contribution in [-0.2, 0) is 19.2 Å². The molecule has 0 aromatic heterocycles. The summed E-state index contributed by atoms with van der Waals surface area (Å²) in [5, 5.41) is 11.8. The number of nitrogens with one attached hydrogen (secondary N) is 1. The lowest BCUT2D eigenvalue weighted by Gasteiger charge is -2.34. The summed E-state index contributed by atoms with van der Waals surface area (Å²) >= 11 is 0. The number of aliphatic carboxylic acids is 1. The smallest absolute Gasteiger partial charge is 0.314 e. The van der Waals surface area contributed by atoms with E-state index in [1.165, 1.54) is 0 Å². The van der Waals surface area contributed by atoms with Crippen molar-refractivity contribution >= 4 is 23.6 Å². The van der Waals surface area contributed by atoms with Gasteiger partial charge in [0.05, 0.1) is 0 Å². The van der Waals surface area contributed by atoms with Gasteiger partial charge in [-0.1, -0.05) is 34.6 Å². The summed E-state index contributed by atoms with van der Waals surface area (Å²) in [6.07, 6.45) is 0.917. The van der Waals surface area contributed by atoms with E-state index in [1.807, 2.05) is 13.8 Å². The summed E-state index contributed by atoms with van der Waals surface area (Å²) in [5.41, 5.74) is -0.737. The molecule has 6 heteroatoms. The maximum atomic E-state index is 12.9. The van der Waals surface area contributed by atoms with E-state index in [4.69, 9.17) is 0 Å². The molecule has 23 heavy (non-hydrogen) atoms. The minimum absolute atomic E-state index is 0.142. The monoisotopic (exact) mass is 325 g/mol. The van der Waals surface area contributed by atoms with Gasteiger partial charge in [0.1, 0.15) is 5.92 Å². The van der Waals surface area contributed by atoms with E-state index < -0.39 is 40.8 Å². The van der Waals surface area contributed by atoms with Crippen LogP contribution in [0.4, 0.5) is 0 Å². The molecule has 0 bridgehead atoms. The van der Waals surface area contributed by atoms with Gasteiger partial charge in [0.25, 0.3) is 0 Å². The van der Waals surface area contributed by atoms with Crippen LogP contribution in [0.5, 0.6) is 0 Å². The predicted octanol–water partition coefficient (Wildman–Crippen LogP) is 2.02. The van der Waals surface area contributed by atoms with E-state index in [2.05, 4.69) is 5.32 Å². The van der Waals surface area contributed by atoms with Crippen molar-refractivity contribution in [3.05, 3.63) is 0 Å². The molecular formula is C17H27NO5. The Kier molecular flexibility index (Phi) is 6.08. The second kappa shape index (κ2) is 7.23. The Balaban J connectivity index is 3.14. The third kappa shape index (κ3) is 4.88. The lowest BCUT2D eigenvalue weighted by Crippen LogP contribution is -2.49. The van der Waals surface area contributed by atoms with Gasteiger partial charge in [0.15, 0.2) is 5.78 Å². The first-order chi connectivity index (χ1) is 10.4. The molecule has 130 valence electrons. The average Bonchev–Trinajstić information content (AvgIpc) is 2.33. The zero-order chi connectivity index (χ0) is 17.9. The van der Waals surface area contributed by atoms with Crippen LogP contribution in [0.3, 0.4) is 0 Å². The molecule has 1 saturated heterocycles. The fourth-order valence-corrected chi connectivity index (χ4v) is 3.21. The van der Waals surface area contributed by atoms with Crippen LogP contribution in [0.15, 0.2) is 0 Å². The average molecular weight is 325 g/mol. The predicted molar refractivity (Wildman–Crippen MR) is 84.4 cm³/mol. The molecular weight excluding hydrogens is 298 g/mol. The zero-order valence-electron chi connectivity index (χ0n) is 14.5. The Morgan fingerprint density at radius 2 is 1.83 bits per heavy atom. The molecule has 6 nitrogen and oxygen atoms in total. The second-order valence-corrected chi connectivity index (χ2v) is 7.83. The van der Waals surface area contributed by atoms with Crippen molar-refractivity contribution in [2.24, 2.45) is 29.1 Å². The van der Waals surface area contributed by atoms with E-state index >= 15 is 0 Å². The fraction of sp³-hybridized carbons (Fsp3) is 0.765. The van der Waals surface area contributed by atoms with Gasteiger partial charge in [-0.3, -0.25) is 24.5 Å². The third-order valence-corrected chi connectivity index (χ3v) is 4.26. The number of hydrogen-bond acceptors (Lipinski definition) is 4. The number of carbonyl (C=O) groups excluding carboxylic acids is 3. The van der Waals surface area contributed by atoms with Gasteiger partial charge in [0, 0.05) is 18.3 Å². The van der Waals surface area contributed by atoms with Crippen LogP contribution in [0.1, 0.15) is 53.9 Å². The van der Waals surface area contributed by atoms with Gasteiger partial charge < -0.3 is 5.11 Å². The summed E-state index contributed by atoms with van der Waals surface area (Å²) in [6.45, 7) is 8.99. The maximum Gasteiger partial charge on any atom is 0.314 e. The first-order valence-electron chi connectivity index (χ1n) is 8.05. The molecule has 3 unspecified atom stereocenters. The quantitative estimate of drug-likeness (QED) is 0.575. The molecule has 2 N–H and O–H groups in total. The van der Waals surface area contributed by atoms with E-state index in [9.17, 15) is 24.3 Å². The SMILES string of the molecule is CC(C)CC(C(=O)C(C(=O)O)C(C)(C)C)C1CCC(=O)NC1=O. The highest BCUT2D eigenvalue weighted by Gasteiger charge is 2.45. The molecule has 0 aromatic rings. The van der Waals surface area contributed by atoms with Crippen LogP contribution in [0.2, 0.25) is 0 Å². The Morgan fingerprint density at radius 1 is 1.26 bits per heavy atom. The highest BCUT2D eigenvalue weighted by atomic mass is 16.4. The van der Waals surface area contributed by atoms with Crippen molar-refractivity contribution < 1.29 is 24.3 Å². The molecule has 1 heterocycles.